The average Bonchev–Trinajstić information content (AvgIpc) is 3.07. The second kappa shape index (κ2) is 5.35. The van der Waals surface area contributed by atoms with E-state index < -0.39 is 0 Å². The Balaban J connectivity index is 1.83. The first-order valence-corrected chi connectivity index (χ1v) is 6.55. The van der Waals surface area contributed by atoms with Gasteiger partial charge in [0.15, 0.2) is 5.82 Å². The largest absolute Gasteiger partial charge is 0.444 e. The van der Waals surface area contributed by atoms with Crippen LogP contribution < -0.4 is 5.73 Å². The van der Waals surface area contributed by atoms with E-state index in [1.807, 2.05) is 6.92 Å². The van der Waals surface area contributed by atoms with Crippen LogP contribution in [0.5, 0.6) is 0 Å². The number of halogens is 1. The normalized spacial score (nSPS) is 11.0. The van der Waals surface area contributed by atoms with E-state index in [2.05, 4.69) is 15.3 Å². The van der Waals surface area contributed by atoms with Gasteiger partial charge in [0.2, 0.25) is 5.89 Å². The zero-order valence-corrected chi connectivity index (χ0v) is 11.5. The smallest absolute Gasteiger partial charge is 0.226 e. The van der Waals surface area contributed by atoms with Crippen molar-refractivity contribution in [2.45, 2.75) is 19.9 Å². The maximum atomic E-state index is 12.9. The molecule has 0 bridgehead atoms. The van der Waals surface area contributed by atoms with Gasteiger partial charge in [-0.05, 0) is 30.7 Å². The van der Waals surface area contributed by atoms with Gasteiger partial charge in [-0.25, -0.2) is 14.1 Å². The molecule has 0 fully saturated rings. The molecule has 0 saturated heterocycles. The van der Waals surface area contributed by atoms with Crippen molar-refractivity contribution in [3.8, 4) is 11.5 Å². The molecule has 3 rings (SSSR count). The lowest BCUT2D eigenvalue weighted by Gasteiger charge is -2.01. The summed E-state index contributed by atoms with van der Waals surface area (Å²) in [5.74, 6) is 0.576. The zero-order chi connectivity index (χ0) is 14.8. The molecule has 0 spiro atoms. The summed E-state index contributed by atoms with van der Waals surface area (Å²) >= 11 is 0. The number of benzene rings is 1. The molecule has 2 aromatic heterocycles. The molecule has 0 atom stereocenters. The molecule has 0 unspecified atom stereocenters. The van der Waals surface area contributed by atoms with E-state index in [9.17, 15) is 4.39 Å². The van der Waals surface area contributed by atoms with Crippen LogP contribution >= 0.6 is 0 Å². The van der Waals surface area contributed by atoms with E-state index in [-0.39, 0.29) is 5.82 Å². The molecule has 0 aliphatic heterocycles. The van der Waals surface area contributed by atoms with Crippen LogP contribution in [-0.4, -0.2) is 20.0 Å². The summed E-state index contributed by atoms with van der Waals surface area (Å²) in [5, 5.41) is 7.83. The fourth-order valence-corrected chi connectivity index (χ4v) is 2.09. The SMILES string of the molecule is CCc1c(N)nnn1Cc1coc(-c2ccc(F)cc2)n1. The van der Waals surface area contributed by atoms with Crippen LogP contribution in [0, 0.1) is 5.82 Å². The van der Waals surface area contributed by atoms with Gasteiger partial charge in [0.1, 0.15) is 17.8 Å². The Morgan fingerprint density at radius 1 is 1.29 bits per heavy atom. The number of nitrogens with zero attached hydrogens (tertiary/aromatic N) is 4. The van der Waals surface area contributed by atoms with Crippen LogP contribution in [0.25, 0.3) is 11.5 Å². The lowest BCUT2D eigenvalue weighted by molar-refractivity contribution is 0.565. The molecule has 2 N–H and O–H groups in total. The molecule has 21 heavy (non-hydrogen) atoms. The number of hydrogen-bond donors (Lipinski definition) is 1. The van der Waals surface area contributed by atoms with E-state index >= 15 is 0 Å². The van der Waals surface area contributed by atoms with Crippen LogP contribution in [0.1, 0.15) is 18.3 Å². The van der Waals surface area contributed by atoms with Crippen LogP contribution in [0.15, 0.2) is 34.9 Å². The standard InChI is InChI=1S/C14H14FN5O/c1-2-12-13(16)18-19-20(12)7-11-8-21-14(17-11)9-3-5-10(15)6-4-9/h3-6,8H,2,7,16H2,1H3. The molecular weight excluding hydrogens is 273 g/mol. The van der Waals surface area contributed by atoms with Gasteiger partial charge in [0.05, 0.1) is 12.2 Å². The van der Waals surface area contributed by atoms with Crippen molar-refractivity contribution in [1.29, 1.82) is 0 Å². The Hall–Kier alpha value is -2.70. The van der Waals surface area contributed by atoms with Crippen molar-refractivity contribution in [2.75, 3.05) is 5.73 Å². The Kier molecular flexibility index (Phi) is 3.39. The first-order valence-electron chi connectivity index (χ1n) is 6.55. The van der Waals surface area contributed by atoms with Gasteiger partial charge in [-0.2, -0.15) is 0 Å². The Bertz CT molecular complexity index is 747. The van der Waals surface area contributed by atoms with Crippen molar-refractivity contribution in [3.05, 3.63) is 47.7 Å². The minimum absolute atomic E-state index is 0.295. The van der Waals surface area contributed by atoms with E-state index in [1.54, 1.807) is 23.1 Å². The van der Waals surface area contributed by atoms with Gasteiger partial charge in [-0.1, -0.05) is 12.1 Å². The average molecular weight is 287 g/mol. The lowest BCUT2D eigenvalue weighted by Crippen LogP contribution is -2.07. The minimum Gasteiger partial charge on any atom is -0.444 e. The van der Waals surface area contributed by atoms with Crippen molar-refractivity contribution >= 4 is 5.82 Å². The Labute approximate surface area is 120 Å². The molecule has 0 aliphatic rings. The number of anilines is 1. The molecule has 0 aliphatic carbocycles. The van der Waals surface area contributed by atoms with Crippen molar-refractivity contribution in [1.82, 2.24) is 20.0 Å². The third kappa shape index (κ3) is 2.62. The van der Waals surface area contributed by atoms with Gasteiger partial charge in [0, 0.05) is 5.56 Å². The monoisotopic (exact) mass is 287 g/mol. The van der Waals surface area contributed by atoms with Gasteiger partial charge >= 0.3 is 0 Å². The number of oxazole rings is 1. The van der Waals surface area contributed by atoms with Crippen molar-refractivity contribution < 1.29 is 8.81 Å². The highest BCUT2D eigenvalue weighted by atomic mass is 19.1. The topological polar surface area (TPSA) is 82.8 Å². The third-order valence-corrected chi connectivity index (χ3v) is 3.16. The minimum atomic E-state index is -0.295. The highest BCUT2D eigenvalue weighted by Crippen LogP contribution is 2.19. The van der Waals surface area contributed by atoms with Crippen LogP contribution in [-0.2, 0) is 13.0 Å². The zero-order valence-electron chi connectivity index (χ0n) is 11.5. The summed E-state index contributed by atoms with van der Waals surface area (Å²) in [6.45, 7) is 2.41. The second-order valence-electron chi connectivity index (χ2n) is 4.58. The first-order chi connectivity index (χ1) is 10.2. The first kappa shape index (κ1) is 13.3. The molecule has 6 nitrogen and oxygen atoms in total. The molecule has 0 amide bonds. The third-order valence-electron chi connectivity index (χ3n) is 3.16. The molecule has 0 saturated carbocycles. The Morgan fingerprint density at radius 2 is 2.05 bits per heavy atom. The van der Waals surface area contributed by atoms with Crippen LogP contribution in [0.3, 0.4) is 0 Å². The second-order valence-corrected chi connectivity index (χ2v) is 4.58. The van der Waals surface area contributed by atoms with Crippen molar-refractivity contribution in [2.24, 2.45) is 0 Å². The molecule has 108 valence electrons. The number of hydrogen-bond acceptors (Lipinski definition) is 5. The van der Waals surface area contributed by atoms with Gasteiger partial charge in [0.25, 0.3) is 0 Å². The molecular formula is C14H14FN5O. The summed E-state index contributed by atoms with van der Waals surface area (Å²) in [4.78, 5) is 4.37. The molecule has 0 radical (unpaired) electrons. The molecule has 3 aromatic rings. The van der Waals surface area contributed by atoms with Crippen LogP contribution in [0.4, 0.5) is 10.2 Å². The van der Waals surface area contributed by atoms with Gasteiger partial charge in [-0.15, -0.1) is 5.10 Å². The van der Waals surface area contributed by atoms with E-state index in [1.165, 1.54) is 12.1 Å². The molecule has 2 heterocycles. The Morgan fingerprint density at radius 3 is 2.76 bits per heavy atom. The predicted octanol–water partition coefficient (Wildman–Crippen LogP) is 2.27. The number of aromatic nitrogens is 4. The maximum absolute atomic E-state index is 12.9. The summed E-state index contributed by atoms with van der Waals surface area (Å²) in [5.41, 5.74) is 8.03. The van der Waals surface area contributed by atoms with Crippen molar-refractivity contribution in [3.63, 3.8) is 0 Å². The number of rotatable bonds is 4. The highest BCUT2D eigenvalue weighted by Gasteiger charge is 2.12. The van der Waals surface area contributed by atoms with Gasteiger partial charge in [-0.3, -0.25) is 0 Å². The number of nitrogens with two attached hydrogens (primary N) is 1. The predicted molar refractivity (Wildman–Crippen MR) is 74.8 cm³/mol. The van der Waals surface area contributed by atoms with E-state index in [0.29, 0.717) is 23.9 Å². The van der Waals surface area contributed by atoms with Crippen LogP contribution in [0.2, 0.25) is 0 Å². The molecule has 1 aromatic carbocycles. The summed E-state index contributed by atoms with van der Waals surface area (Å²) in [6.07, 6.45) is 2.29. The summed E-state index contributed by atoms with van der Waals surface area (Å²) < 4.78 is 20.0. The van der Waals surface area contributed by atoms with E-state index in [4.69, 9.17) is 10.2 Å². The maximum Gasteiger partial charge on any atom is 0.226 e. The number of nitrogen functional groups attached to an aromatic ring is 1. The summed E-state index contributed by atoms with van der Waals surface area (Å²) in [6, 6.07) is 5.98. The van der Waals surface area contributed by atoms with Gasteiger partial charge < -0.3 is 10.2 Å². The fourth-order valence-electron chi connectivity index (χ4n) is 2.09. The quantitative estimate of drug-likeness (QED) is 0.795. The summed E-state index contributed by atoms with van der Waals surface area (Å²) in [7, 11) is 0. The fraction of sp³-hybridized carbons (Fsp3) is 0.214. The van der Waals surface area contributed by atoms with E-state index in [0.717, 1.165) is 17.7 Å². The highest BCUT2D eigenvalue weighted by molar-refractivity contribution is 5.52. The lowest BCUT2D eigenvalue weighted by atomic mass is 10.2. The molecule has 7 heteroatoms.